The zero-order chi connectivity index (χ0) is 13.1. The van der Waals surface area contributed by atoms with Crippen LogP contribution in [0, 0.1) is 19.8 Å². The number of likely N-dealkylation sites (tertiary alicyclic amines) is 1. The molecule has 0 spiro atoms. The summed E-state index contributed by atoms with van der Waals surface area (Å²) in [4.78, 5) is 14.5. The number of amides is 1. The molecule has 0 saturated carbocycles. The van der Waals surface area contributed by atoms with Crippen LogP contribution in [-0.4, -0.2) is 37.5 Å². The van der Waals surface area contributed by atoms with Crippen LogP contribution in [0.25, 0.3) is 0 Å². The highest BCUT2D eigenvalue weighted by Gasteiger charge is 2.27. The maximum atomic E-state index is 12.5. The van der Waals surface area contributed by atoms with Crippen LogP contribution < -0.4 is 5.32 Å². The molecule has 0 aliphatic carbocycles. The Morgan fingerprint density at radius 2 is 2.22 bits per heavy atom. The fourth-order valence-electron chi connectivity index (χ4n) is 2.63. The molecule has 1 aromatic rings. The van der Waals surface area contributed by atoms with Gasteiger partial charge in [0.25, 0.3) is 5.91 Å². The number of nitrogens with zero attached hydrogens (tertiary/aromatic N) is 1. The van der Waals surface area contributed by atoms with Crippen molar-refractivity contribution in [3.05, 3.63) is 34.9 Å². The van der Waals surface area contributed by atoms with Crippen molar-refractivity contribution >= 4 is 5.91 Å². The predicted molar refractivity (Wildman–Crippen MR) is 73.9 cm³/mol. The molecule has 1 atom stereocenters. The summed E-state index contributed by atoms with van der Waals surface area (Å²) >= 11 is 0. The molecule has 1 aliphatic heterocycles. The Morgan fingerprint density at radius 1 is 1.44 bits per heavy atom. The minimum atomic E-state index is 0.190. The van der Waals surface area contributed by atoms with Gasteiger partial charge in [-0.25, -0.2) is 0 Å². The van der Waals surface area contributed by atoms with Crippen LogP contribution >= 0.6 is 0 Å². The number of hydrogen-bond donors (Lipinski definition) is 1. The van der Waals surface area contributed by atoms with Gasteiger partial charge in [0.15, 0.2) is 0 Å². The summed E-state index contributed by atoms with van der Waals surface area (Å²) in [5.41, 5.74) is 3.16. The smallest absolute Gasteiger partial charge is 0.254 e. The molecule has 18 heavy (non-hydrogen) atoms. The lowest BCUT2D eigenvalue weighted by Gasteiger charge is -2.18. The van der Waals surface area contributed by atoms with Gasteiger partial charge in [0.2, 0.25) is 0 Å². The number of hydrogen-bond acceptors (Lipinski definition) is 2. The second-order valence-electron chi connectivity index (χ2n) is 5.21. The molecule has 3 heteroatoms. The SMILES string of the molecule is CNCC1CCN(C(=O)c2cccc(C)c2C)C1. The summed E-state index contributed by atoms with van der Waals surface area (Å²) in [6.45, 7) is 6.85. The van der Waals surface area contributed by atoms with E-state index >= 15 is 0 Å². The summed E-state index contributed by atoms with van der Waals surface area (Å²) in [7, 11) is 1.97. The summed E-state index contributed by atoms with van der Waals surface area (Å²) < 4.78 is 0. The first-order valence-corrected chi connectivity index (χ1v) is 6.63. The Hall–Kier alpha value is -1.35. The Labute approximate surface area is 109 Å². The fourth-order valence-corrected chi connectivity index (χ4v) is 2.63. The van der Waals surface area contributed by atoms with Crippen molar-refractivity contribution in [2.24, 2.45) is 5.92 Å². The van der Waals surface area contributed by atoms with Crippen LogP contribution in [0.5, 0.6) is 0 Å². The molecule has 1 aliphatic rings. The van der Waals surface area contributed by atoms with E-state index in [0.29, 0.717) is 5.92 Å². The maximum Gasteiger partial charge on any atom is 0.254 e. The second kappa shape index (κ2) is 5.53. The van der Waals surface area contributed by atoms with Crippen LogP contribution in [0.2, 0.25) is 0 Å². The highest BCUT2D eigenvalue weighted by Crippen LogP contribution is 2.21. The van der Waals surface area contributed by atoms with E-state index in [0.717, 1.165) is 37.2 Å². The van der Waals surface area contributed by atoms with E-state index in [-0.39, 0.29) is 5.91 Å². The van der Waals surface area contributed by atoms with Crippen LogP contribution in [0.3, 0.4) is 0 Å². The van der Waals surface area contributed by atoms with Crippen LogP contribution in [-0.2, 0) is 0 Å². The zero-order valence-corrected chi connectivity index (χ0v) is 11.5. The van der Waals surface area contributed by atoms with Gasteiger partial charge in [0, 0.05) is 18.7 Å². The molecule has 98 valence electrons. The highest BCUT2D eigenvalue weighted by molar-refractivity contribution is 5.96. The van der Waals surface area contributed by atoms with Crippen molar-refractivity contribution < 1.29 is 4.79 Å². The summed E-state index contributed by atoms with van der Waals surface area (Å²) in [5, 5.41) is 3.19. The number of carbonyl (C=O) groups is 1. The quantitative estimate of drug-likeness (QED) is 0.884. The van der Waals surface area contributed by atoms with Crippen molar-refractivity contribution in [3.8, 4) is 0 Å². The van der Waals surface area contributed by atoms with E-state index < -0.39 is 0 Å². The molecule has 1 fully saturated rings. The van der Waals surface area contributed by atoms with E-state index in [1.54, 1.807) is 0 Å². The van der Waals surface area contributed by atoms with Crippen molar-refractivity contribution in [3.63, 3.8) is 0 Å². The largest absolute Gasteiger partial charge is 0.338 e. The van der Waals surface area contributed by atoms with Gasteiger partial charge in [-0.15, -0.1) is 0 Å². The van der Waals surface area contributed by atoms with E-state index in [9.17, 15) is 4.79 Å². The number of nitrogens with one attached hydrogen (secondary N) is 1. The topological polar surface area (TPSA) is 32.3 Å². The van der Waals surface area contributed by atoms with E-state index in [1.165, 1.54) is 5.56 Å². The molecule has 1 aromatic carbocycles. The number of benzene rings is 1. The summed E-state index contributed by atoms with van der Waals surface area (Å²) in [6, 6.07) is 5.96. The van der Waals surface area contributed by atoms with Crippen molar-refractivity contribution in [2.75, 3.05) is 26.7 Å². The minimum Gasteiger partial charge on any atom is -0.338 e. The first-order chi connectivity index (χ1) is 8.63. The van der Waals surface area contributed by atoms with E-state index in [4.69, 9.17) is 0 Å². The van der Waals surface area contributed by atoms with E-state index in [1.807, 2.05) is 31.0 Å². The molecule has 0 bridgehead atoms. The monoisotopic (exact) mass is 246 g/mol. The molecule has 0 aromatic heterocycles. The number of rotatable bonds is 3. The molecule has 3 nitrogen and oxygen atoms in total. The van der Waals surface area contributed by atoms with Crippen LogP contribution in [0.1, 0.15) is 27.9 Å². The molecule has 1 saturated heterocycles. The Kier molecular flexibility index (Phi) is 4.02. The van der Waals surface area contributed by atoms with Gasteiger partial charge < -0.3 is 10.2 Å². The first-order valence-electron chi connectivity index (χ1n) is 6.63. The molecular formula is C15H22N2O. The standard InChI is InChI=1S/C15H22N2O/c1-11-5-4-6-14(12(11)2)15(18)17-8-7-13(10-17)9-16-3/h4-6,13,16H,7-10H2,1-3H3. The summed E-state index contributed by atoms with van der Waals surface area (Å²) in [5.74, 6) is 0.791. The van der Waals surface area contributed by atoms with Gasteiger partial charge in [0.1, 0.15) is 0 Å². The molecule has 0 radical (unpaired) electrons. The van der Waals surface area contributed by atoms with Gasteiger partial charge in [-0.05, 0) is 57.0 Å². The van der Waals surface area contributed by atoms with Gasteiger partial charge in [-0.1, -0.05) is 12.1 Å². The number of carbonyl (C=O) groups excluding carboxylic acids is 1. The molecule has 1 heterocycles. The third kappa shape index (κ3) is 2.56. The van der Waals surface area contributed by atoms with Gasteiger partial charge in [-0.2, -0.15) is 0 Å². The average Bonchev–Trinajstić information content (AvgIpc) is 2.81. The second-order valence-corrected chi connectivity index (χ2v) is 5.21. The molecule has 2 rings (SSSR count). The van der Waals surface area contributed by atoms with Crippen molar-refractivity contribution in [1.29, 1.82) is 0 Å². The summed E-state index contributed by atoms with van der Waals surface area (Å²) in [6.07, 6.45) is 1.11. The lowest BCUT2D eigenvalue weighted by molar-refractivity contribution is 0.0786. The molecule has 1 amide bonds. The molecular weight excluding hydrogens is 224 g/mol. The van der Waals surface area contributed by atoms with Gasteiger partial charge in [0.05, 0.1) is 0 Å². The van der Waals surface area contributed by atoms with E-state index in [2.05, 4.69) is 18.3 Å². The Morgan fingerprint density at radius 3 is 2.94 bits per heavy atom. The van der Waals surface area contributed by atoms with Gasteiger partial charge >= 0.3 is 0 Å². The number of aryl methyl sites for hydroxylation is 1. The fraction of sp³-hybridized carbons (Fsp3) is 0.533. The minimum absolute atomic E-state index is 0.190. The lowest BCUT2D eigenvalue weighted by atomic mass is 10.0. The third-order valence-electron chi connectivity index (χ3n) is 3.90. The molecule has 1 N–H and O–H groups in total. The first kappa shape index (κ1) is 13.1. The Balaban J connectivity index is 2.11. The molecule has 1 unspecified atom stereocenters. The van der Waals surface area contributed by atoms with Gasteiger partial charge in [-0.3, -0.25) is 4.79 Å². The van der Waals surface area contributed by atoms with Crippen molar-refractivity contribution in [2.45, 2.75) is 20.3 Å². The van der Waals surface area contributed by atoms with Crippen LogP contribution in [0.15, 0.2) is 18.2 Å². The highest BCUT2D eigenvalue weighted by atomic mass is 16.2. The zero-order valence-electron chi connectivity index (χ0n) is 11.5. The average molecular weight is 246 g/mol. The maximum absolute atomic E-state index is 12.5. The normalized spacial score (nSPS) is 19.3. The van der Waals surface area contributed by atoms with Crippen LogP contribution in [0.4, 0.5) is 0 Å². The predicted octanol–water partition coefficient (Wildman–Crippen LogP) is 1.98. The third-order valence-corrected chi connectivity index (χ3v) is 3.90. The lowest BCUT2D eigenvalue weighted by Crippen LogP contribution is -2.30. The van der Waals surface area contributed by atoms with Crippen molar-refractivity contribution in [1.82, 2.24) is 10.2 Å². The Bertz CT molecular complexity index is 442.